The highest BCUT2D eigenvalue weighted by molar-refractivity contribution is 7.26. The van der Waals surface area contributed by atoms with Crippen molar-refractivity contribution in [1.82, 2.24) is 4.57 Å². The number of thiophene rings is 1. The molecule has 0 saturated heterocycles. The molecule has 0 radical (unpaired) electrons. The second-order valence-corrected chi connectivity index (χ2v) is 17.9. The van der Waals surface area contributed by atoms with Gasteiger partial charge in [-0.1, -0.05) is 147 Å². The van der Waals surface area contributed by atoms with Gasteiger partial charge in [-0.05, 0) is 118 Å². The first-order valence-electron chi connectivity index (χ1n) is 21.1. The summed E-state index contributed by atoms with van der Waals surface area (Å²) >= 11 is 1.94. The minimum Gasteiger partial charge on any atom is -0.311 e. The van der Waals surface area contributed by atoms with Crippen LogP contribution in [0.3, 0.4) is 0 Å². The molecule has 0 saturated carbocycles. The Labute approximate surface area is 354 Å². The molecule has 3 heteroatoms. The molecule has 2 aliphatic rings. The lowest BCUT2D eigenvalue weighted by Crippen LogP contribution is -2.26. The van der Waals surface area contributed by atoms with Crippen molar-refractivity contribution >= 4 is 76.0 Å². The monoisotopic (exact) mass is 786 g/mol. The number of hydrogen-bond donors (Lipinski definition) is 0. The molecule has 2 nitrogen and oxygen atoms in total. The summed E-state index contributed by atoms with van der Waals surface area (Å²) < 4.78 is 5.22. The van der Waals surface area contributed by atoms with E-state index < -0.39 is 0 Å². The fourth-order valence-corrected chi connectivity index (χ4v) is 11.3. The van der Waals surface area contributed by atoms with Gasteiger partial charge in [-0.2, -0.15) is 0 Å². The molecule has 2 aromatic heterocycles. The Morgan fingerprint density at radius 3 is 1.87 bits per heavy atom. The summed E-state index contributed by atoms with van der Waals surface area (Å²) in [4.78, 5) is 2.37. The standard InChI is InChI=1S/C57H42N2S/c1-57(2)49-18-10-12-20-52(49)59-51-19-11-9-17-47(51)54-55(59)50(57)36-48-46-34-27-42(35-53(46)60-56(48)54)41-25-32-45(33-26-41)58(43-28-21-39(22-29-43)37-13-5-3-6-14-37)44-30-23-40(24-31-44)38-15-7-4-8-16-38/h3-7,9-15,17-36H,8,16H2,1-2H3. The molecular formula is C57H42N2S. The van der Waals surface area contributed by atoms with Crippen molar-refractivity contribution in [1.29, 1.82) is 0 Å². The Balaban J connectivity index is 0.952. The van der Waals surface area contributed by atoms with Crippen LogP contribution in [0.2, 0.25) is 0 Å². The maximum absolute atomic E-state index is 2.53. The summed E-state index contributed by atoms with van der Waals surface area (Å²) in [5, 5.41) is 5.39. The zero-order valence-corrected chi connectivity index (χ0v) is 34.5. The first-order valence-corrected chi connectivity index (χ1v) is 21.9. The van der Waals surface area contributed by atoms with Crippen molar-refractivity contribution in [3.8, 4) is 27.9 Å². The molecule has 1 aliphatic heterocycles. The van der Waals surface area contributed by atoms with Gasteiger partial charge in [0.15, 0.2) is 0 Å². The summed E-state index contributed by atoms with van der Waals surface area (Å²) in [6, 6.07) is 65.3. The van der Waals surface area contributed by atoms with E-state index in [9.17, 15) is 0 Å². The van der Waals surface area contributed by atoms with E-state index >= 15 is 0 Å². The molecule has 3 heterocycles. The smallest absolute Gasteiger partial charge is 0.0596 e. The van der Waals surface area contributed by atoms with Gasteiger partial charge in [0.2, 0.25) is 0 Å². The van der Waals surface area contributed by atoms with E-state index in [-0.39, 0.29) is 5.41 Å². The third-order valence-electron chi connectivity index (χ3n) is 13.1. The van der Waals surface area contributed by atoms with Gasteiger partial charge in [-0.15, -0.1) is 11.3 Å². The number of para-hydroxylation sites is 2. The van der Waals surface area contributed by atoms with Gasteiger partial charge in [0.05, 0.1) is 16.7 Å². The second-order valence-electron chi connectivity index (χ2n) is 16.8. The normalized spacial score (nSPS) is 14.2. The van der Waals surface area contributed by atoms with Crippen LogP contribution in [-0.4, -0.2) is 4.57 Å². The van der Waals surface area contributed by atoms with Crippen LogP contribution in [-0.2, 0) is 5.41 Å². The Kier molecular flexibility index (Phi) is 7.92. The maximum Gasteiger partial charge on any atom is 0.0596 e. The highest BCUT2D eigenvalue weighted by Crippen LogP contribution is 2.52. The van der Waals surface area contributed by atoms with E-state index in [2.05, 4.69) is 217 Å². The topological polar surface area (TPSA) is 8.17 Å². The molecule has 0 bridgehead atoms. The second kappa shape index (κ2) is 13.6. The fourth-order valence-electron chi connectivity index (χ4n) is 9.98. The van der Waals surface area contributed by atoms with E-state index in [4.69, 9.17) is 0 Å². The molecule has 1 aliphatic carbocycles. The summed E-state index contributed by atoms with van der Waals surface area (Å²) in [6.07, 6.45) is 8.86. The average Bonchev–Trinajstić information content (AvgIpc) is 3.85. The van der Waals surface area contributed by atoms with Crippen LogP contribution in [0.5, 0.6) is 0 Å². The van der Waals surface area contributed by atoms with E-state index in [1.165, 1.54) is 92.2 Å². The highest BCUT2D eigenvalue weighted by atomic mass is 32.1. The van der Waals surface area contributed by atoms with Gasteiger partial charge in [-0.3, -0.25) is 0 Å². The first-order chi connectivity index (χ1) is 29.5. The number of aromatic nitrogens is 1. The minimum atomic E-state index is -0.131. The van der Waals surface area contributed by atoms with E-state index in [0.29, 0.717) is 0 Å². The molecule has 8 aromatic carbocycles. The van der Waals surface area contributed by atoms with Gasteiger partial charge >= 0.3 is 0 Å². The lowest BCUT2D eigenvalue weighted by molar-refractivity contribution is 0.631. The van der Waals surface area contributed by atoms with E-state index in [1.807, 2.05) is 11.3 Å². The molecule has 0 unspecified atom stereocenters. The Hall–Kier alpha value is -6.94. The number of anilines is 3. The number of nitrogens with zero attached hydrogens (tertiary/aromatic N) is 2. The molecule has 12 rings (SSSR count). The summed E-state index contributed by atoms with van der Waals surface area (Å²) in [5.74, 6) is 0. The first kappa shape index (κ1) is 35.0. The van der Waals surface area contributed by atoms with Crippen LogP contribution in [0.4, 0.5) is 17.1 Å². The van der Waals surface area contributed by atoms with E-state index in [0.717, 1.165) is 29.9 Å². The largest absolute Gasteiger partial charge is 0.311 e. The summed E-state index contributed by atoms with van der Waals surface area (Å²) in [5.41, 5.74) is 17.5. The Morgan fingerprint density at radius 2 is 1.15 bits per heavy atom. The molecule has 0 amide bonds. The molecule has 0 atom stereocenters. The maximum atomic E-state index is 2.53. The van der Waals surface area contributed by atoms with Crippen LogP contribution < -0.4 is 4.90 Å². The third kappa shape index (κ3) is 5.39. The molecule has 0 N–H and O–H groups in total. The lowest BCUT2D eigenvalue weighted by atomic mass is 9.74. The Bertz CT molecular complexity index is 3360. The number of rotatable bonds is 6. The molecule has 10 aromatic rings. The minimum absolute atomic E-state index is 0.131. The SMILES string of the molecule is CC1(C)c2ccccc2-n2c3ccccc3c3c4sc5cc(-c6ccc(N(c7ccc(C8=CC=CCC8)cc7)c7ccc(-c8ccccc8)cc7)cc6)ccc5c4cc1c32. The van der Waals surface area contributed by atoms with Gasteiger partial charge in [0.1, 0.15) is 0 Å². The van der Waals surface area contributed by atoms with Crippen LogP contribution in [0.25, 0.3) is 75.5 Å². The fraction of sp³-hybridized carbons (Fsp3) is 0.0877. The molecule has 0 spiro atoms. The van der Waals surface area contributed by atoms with Crippen molar-refractivity contribution in [2.75, 3.05) is 4.90 Å². The van der Waals surface area contributed by atoms with Gasteiger partial charge < -0.3 is 9.47 Å². The highest BCUT2D eigenvalue weighted by Gasteiger charge is 2.36. The summed E-state index contributed by atoms with van der Waals surface area (Å²) in [6.45, 7) is 4.79. The van der Waals surface area contributed by atoms with Crippen LogP contribution in [0.15, 0.2) is 194 Å². The number of benzene rings is 8. The predicted octanol–water partition coefficient (Wildman–Crippen LogP) is 16.3. The average molecular weight is 787 g/mol. The number of hydrogen-bond acceptors (Lipinski definition) is 2. The zero-order valence-electron chi connectivity index (χ0n) is 33.7. The van der Waals surface area contributed by atoms with Gasteiger partial charge in [0.25, 0.3) is 0 Å². The van der Waals surface area contributed by atoms with E-state index in [1.54, 1.807) is 0 Å². The lowest BCUT2D eigenvalue weighted by Gasteiger charge is -2.34. The van der Waals surface area contributed by atoms with Crippen molar-refractivity contribution in [2.45, 2.75) is 32.1 Å². The van der Waals surface area contributed by atoms with Crippen LogP contribution in [0.1, 0.15) is 43.4 Å². The number of allylic oxidation sites excluding steroid dienone is 4. The third-order valence-corrected chi connectivity index (χ3v) is 14.3. The quantitative estimate of drug-likeness (QED) is 0.163. The van der Waals surface area contributed by atoms with Crippen molar-refractivity contribution in [2.24, 2.45) is 0 Å². The van der Waals surface area contributed by atoms with Crippen LogP contribution >= 0.6 is 11.3 Å². The van der Waals surface area contributed by atoms with Gasteiger partial charge in [-0.25, -0.2) is 0 Å². The predicted molar refractivity (Wildman–Crippen MR) is 258 cm³/mol. The zero-order chi connectivity index (χ0) is 40.0. The van der Waals surface area contributed by atoms with Gasteiger partial charge in [0, 0.05) is 53.4 Å². The Morgan fingerprint density at radius 1 is 0.533 bits per heavy atom. The summed E-state index contributed by atoms with van der Waals surface area (Å²) in [7, 11) is 0. The molecule has 286 valence electrons. The van der Waals surface area contributed by atoms with Crippen LogP contribution in [0, 0.1) is 0 Å². The molecule has 60 heavy (non-hydrogen) atoms. The molecule has 0 fully saturated rings. The van der Waals surface area contributed by atoms with Crippen molar-refractivity contribution in [3.63, 3.8) is 0 Å². The van der Waals surface area contributed by atoms with Crippen molar-refractivity contribution in [3.05, 3.63) is 211 Å². The number of fused-ring (bicyclic) bond motifs is 9. The molecular weight excluding hydrogens is 745 g/mol. The van der Waals surface area contributed by atoms with Crippen molar-refractivity contribution < 1.29 is 0 Å².